The fourth-order valence-corrected chi connectivity index (χ4v) is 3.69. The Morgan fingerprint density at radius 3 is 2.79 bits per heavy atom. The first kappa shape index (κ1) is 18.1. The molecule has 0 atom stereocenters. The summed E-state index contributed by atoms with van der Waals surface area (Å²) in [6.45, 7) is 5.59. The molecule has 2 aromatic rings. The van der Waals surface area contributed by atoms with E-state index in [4.69, 9.17) is 16.9 Å². The van der Waals surface area contributed by atoms with Gasteiger partial charge in [-0.05, 0) is 36.2 Å². The highest BCUT2D eigenvalue weighted by atomic mass is 35.5. The summed E-state index contributed by atoms with van der Waals surface area (Å²) in [6, 6.07) is 10.4. The lowest BCUT2D eigenvalue weighted by atomic mass is 10.1. The van der Waals surface area contributed by atoms with Gasteiger partial charge in [0.1, 0.15) is 10.0 Å². The number of hydrogen-bond acceptors (Lipinski definition) is 4. The lowest BCUT2D eigenvalue weighted by Crippen LogP contribution is -2.31. The zero-order chi connectivity index (χ0) is 17.7. The highest BCUT2D eigenvalue weighted by Crippen LogP contribution is 2.22. The maximum absolute atomic E-state index is 12.9. The second-order valence-corrected chi connectivity index (χ2v) is 7.47. The van der Waals surface area contributed by atoms with Crippen molar-refractivity contribution < 1.29 is 8.42 Å². The number of pyridine rings is 1. The van der Waals surface area contributed by atoms with Crippen molar-refractivity contribution in [2.75, 3.05) is 6.54 Å². The summed E-state index contributed by atoms with van der Waals surface area (Å²) in [5.74, 6) is 0. The summed E-state index contributed by atoms with van der Waals surface area (Å²) in [4.78, 5) is 3.98. The third-order valence-corrected chi connectivity index (χ3v) is 5.55. The summed E-state index contributed by atoms with van der Waals surface area (Å²) in [5.41, 5.74) is 1.79. The molecule has 5 nitrogen and oxygen atoms in total. The minimum absolute atomic E-state index is 0.0719. The van der Waals surface area contributed by atoms with Crippen LogP contribution < -0.4 is 0 Å². The zero-order valence-electron chi connectivity index (χ0n) is 13.1. The molecule has 0 unspecified atom stereocenters. The van der Waals surface area contributed by atoms with Gasteiger partial charge in [0.2, 0.25) is 10.0 Å². The molecule has 2 rings (SSSR count). The van der Waals surface area contributed by atoms with Gasteiger partial charge < -0.3 is 0 Å². The number of nitriles is 1. The van der Waals surface area contributed by atoms with E-state index < -0.39 is 10.0 Å². The Hall–Kier alpha value is -2.20. The Labute approximate surface area is 146 Å². The van der Waals surface area contributed by atoms with Gasteiger partial charge in [0.15, 0.2) is 0 Å². The molecule has 1 heterocycles. The quantitative estimate of drug-likeness (QED) is 0.584. The monoisotopic (exact) mass is 361 g/mol. The average molecular weight is 362 g/mol. The molecule has 124 valence electrons. The molecule has 24 heavy (non-hydrogen) atoms. The first-order chi connectivity index (χ1) is 11.4. The normalized spacial score (nSPS) is 11.2. The van der Waals surface area contributed by atoms with Crippen LogP contribution in [0.4, 0.5) is 0 Å². The van der Waals surface area contributed by atoms with Crippen molar-refractivity contribution in [2.24, 2.45) is 0 Å². The lowest BCUT2D eigenvalue weighted by Gasteiger charge is -2.21. The van der Waals surface area contributed by atoms with Crippen LogP contribution in [-0.2, 0) is 16.6 Å². The van der Waals surface area contributed by atoms with Gasteiger partial charge in [-0.1, -0.05) is 29.8 Å². The van der Waals surface area contributed by atoms with Crippen molar-refractivity contribution in [3.63, 3.8) is 0 Å². The number of halogens is 1. The first-order valence-corrected chi connectivity index (χ1v) is 8.92. The van der Waals surface area contributed by atoms with Crippen LogP contribution >= 0.6 is 11.6 Å². The van der Waals surface area contributed by atoms with Crippen molar-refractivity contribution in [2.45, 2.75) is 18.4 Å². The molecule has 0 aliphatic rings. The predicted molar refractivity (Wildman–Crippen MR) is 92.9 cm³/mol. The fourth-order valence-electron chi connectivity index (χ4n) is 2.16. The third-order valence-electron chi connectivity index (χ3n) is 3.37. The number of aryl methyl sites for hydroxylation is 1. The van der Waals surface area contributed by atoms with Crippen molar-refractivity contribution in [1.82, 2.24) is 9.29 Å². The molecular formula is C17H16ClN3O2S. The Morgan fingerprint density at radius 2 is 2.17 bits per heavy atom. The number of benzene rings is 1. The van der Waals surface area contributed by atoms with E-state index in [-0.39, 0.29) is 23.1 Å². The maximum Gasteiger partial charge on any atom is 0.245 e. The number of nitrogens with zero attached hydrogens (tertiary/aromatic N) is 3. The van der Waals surface area contributed by atoms with E-state index in [1.807, 2.05) is 6.07 Å². The second kappa shape index (κ2) is 7.58. The van der Waals surface area contributed by atoms with Crippen LogP contribution in [0.3, 0.4) is 0 Å². The highest BCUT2D eigenvalue weighted by Gasteiger charge is 2.24. The second-order valence-electron chi connectivity index (χ2n) is 5.18. The van der Waals surface area contributed by atoms with Gasteiger partial charge in [-0.3, -0.25) is 0 Å². The molecule has 0 amide bonds. The van der Waals surface area contributed by atoms with Gasteiger partial charge in [0.05, 0.1) is 11.6 Å². The van der Waals surface area contributed by atoms with Crippen molar-refractivity contribution in [1.29, 1.82) is 5.26 Å². The van der Waals surface area contributed by atoms with Gasteiger partial charge in [-0.25, -0.2) is 13.4 Å². The fraction of sp³-hybridized carbons (Fsp3) is 0.176. The third kappa shape index (κ3) is 4.01. The van der Waals surface area contributed by atoms with Gasteiger partial charge >= 0.3 is 0 Å². The molecule has 0 bridgehead atoms. The van der Waals surface area contributed by atoms with E-state index in [1.165, 1.54) is 22.6 Å². The number of rotatable bonds is 6. The van der Waals surface area contributed by atoms with E-state index in [0.717, 1.165) is 5.56 Å². The van der Waals surface area contributed by atoms with E-state index in [2.05, 4.69) is 11.6 Å². The Balaban J connectivity index is 2.39. The Morgan fingerprint density at radius 1 is 1.42 bits per heavy atom. The van der Waals surface area contributed by atoms with Crippen LogP contribution in [-0.4, -0.2) is 24.3 Å². The minimum atomic E-state index is -3.76. The molecule has 0 radical (unpaired) electrons. The first-order valence-electron chi connectivity index (χ1n) is 7.10. The largest absolute Gasteiger partial charge is 0.245 e. The van der Waals surface area contributed by atoms with Gasteiger partial charge in [0.25, 0.3) is 0 Å². The van der Waals surface area contributed by atoms with E-state index in [1.54, 1.807) is 31.2 Å². The van der Waals surface area contributed by atoms with Crippen LogP contribution in [0.2, 0.25) is 5.15 Å². The SMILES string of the molecule is C=CCN(Cc1cccc(C#N)c1)S(=O)(=O)c1cnc(Cl)c(C)c1. The molecule has 1 aromatic carbocycles. The number of hydrogen-bond donors (Lipinski definition) is 0. The molecule has 0 aliphatic carbocycles. The Kier molecular flexibility index (Phi) is 5.73. The van der Waals surface area contributed by atoms with Crippen molar-refractivity contribution in [3.05, 3.63) is 71.0 Å². The van der Waals surface area contributed by atoms with Crippen LogP contribution in [0.1, 0.15) is 16.7 Å². The van der Waals surface area contributed by atoms with Crippen LogP contribution in [0.5, 0.6) is 0 Å². The highest BCUT2D eigenvalue weighted by molar-refractivity contribution is 7.89. The van der Waals surface area contributed by atoms with Crippen LogP contribution in [0.25, 0.3) is 0 Å². The van der Waals surface area contributed by atoms with Crippen molar-refractivity contribution in [3.8, 4) is 6.07 Å². The molecule has 0 fully saturated rings. The van der Waals surface area contributed by atoms with E-state index >= 15 is 0 Å². The van der Waals surface area contributed by atoms with Crippen LogP contribution in [0.15, 0.2) is 54.1 Å². The standard InChI is InChI=1S/C17H16ClN3O2S/c1-3-7-21(12-15-6-4-5-14(9-15)10-19)24(22,23)16-8-13(2)17(18)20-11-16/h3-6,8-9,11H,1,7,12H2,2H3. The molecule has 1 aromatic heterocycles. The lowest BCUT2D eigenvalue weighted by molar-refractivity contribution is 0.438. The Bertz CT molecular complexity index is 904. The zero-order valence-corrected chi connectivity index (χ0v) is 14.7. The molecule has 0 N–H and O–H groups in total. The minimum Gasteiger partial charge on any atom is -0.243 e. The topological polar surface area (TPSA) is 74.1 Å². The number of sulfonamides is 1. The summed E-state index contributed by atoms with van der Waals surface area (Å²) in [6.07, 6.45) is 2.76. The molecule has 0 saturated heterocycles. The molecule has 0 aliphatic heterocycles. The smallest absolute Gasteiger partial charge is 0.243 e. The van der Waals surface area contributed by atoms with E-state index in [9.17, 15) is 8.42 Å². The summed E-state index contributed by atoms with van der Waals surface area (Å²) < 4.78 is 27.0. The number of aromatic nitrogens is 1. The van der Waals surface area contributed by atoms with Crippen LogP contribution in [0, 0.1) is 18.3 Å². The molecule has 0 spiro atoms. The summed E-state index contributed by atoms with van der Waals surface area (Å²) in [7, 11) is -3.76. The van der Waals surface area contributed by atoms with Crippen molar-refractivity contribution >= 4 is 21.6 Å². The van der Waals surface area contributed by atoms with Gasteiger partial charge in [-0.2, -0.15) is 9.57 Å². The molecular weight excluding hydrogens is 346 g/mol. The van der Waals surface area contributed by atoms with E-state index in [0.29, 0.717) is 11.1 Å². The molecule has 0 saturated carbocycles. The predicted octanol–water partition coefficient (Wildman–Crippen LogP) is 3.29. The summed E-state index contributed by atoms with van der Waals surface area (Å²) in [5, 5.41) is 9.24. The average Bonchev–Trinajstić information content (AvgIpc) is 2.57. The maximum atomic E-state index is 12.9. The summed E-state index contributed by atoms with van der Waals surface area (Å²) >= 11 is 5.87. The molecule has 7 heteroatoms. The van der Waals surface area contributed by atoms with Gasteiger partial charge in [-0.15, -0.1) is 6.58 Å². The van der Waals surface area contributed by atoms with Gasteiger partial charge in [0, 0.05) is 19.3 Å².